The second-order valence-corrected chi connectivity index (χ2v) is 6.71. The van der Waals surface area contributed by atoms with Gasteiger partial charge >= 0.3 is 5.97 Å². The van der Waals surface area contributed by atoms with Crippen LogP contribution in [0.5, 0.6) is 17.2 Å². The van der Waals surface area contributed by atoms with E-state index in [2.05, 4.69) is 6.08 Å². The van der Waals surface area contributed by atoms with E-state index in [1.54, 1.807) is 43.5 Å². The van der Waals surface area contributed by atoms with E-state index in [1.165, 1.54) is 25.7 Å². The number of hydrogen-bond acceptors (Lipinski definition) is 5. The molecule has 0 radical (unpaired) electrons. The molecular weight excluding hydrogens is 368 g/mol. The fourth-order valence-electron chi connectivity index (χ4n) is 2.74. The van der Waals surface area contributed by atoms with Crippen LogP contribution in [0.3, 0.4) is 0 Å². The van der Waals surface area contributed by atoms with Gasteiger partial charge < -0.3 is 14.2 Å². The van der Waals surface area contributed by atoms with Crippen LogP contribution in [-0.2, 0) is 11.2 Å². The van der Waals surface area contributed by atoms with Crippen molar-refractivity contribution in [3.63, 3.8) is 0 Å². The monoisotopic (exact) mass is 394 g/mol. The standard InChI is InChI=1S/C24H26O5/c1-16(2)9-11-19-14-21(24(28-5)15-23(19)27-4)22(26)12-10-18-7-6-8-20(13-18)29-17(3)25/h6-10,12-15H,11H2,1-5H3/b12-10+. The van der Waals surface area contributed by atoms with Gasteiger partial charge in [-0.15, -0.1) is 0 Å². The first-order valence-corrected chi connectivity index (χ1v) is 9.23. The molecule has 0 aromatic heterocycles. The van der Waals surface area contributed by atoms with Crippen LogP contribution in [0.15, 0.2) is 54.1 Å². The number of carbonyl (C=O) groups excluding carboxylic acids is 2. The summed E-state index contributed by atoms with van der Waals surface area (Å²) >= 11 is 0. The number of rotatable bonds is 8. The zero-order valence-electron chi connectivity index (χ0n) is 17.4. The predicted octanol–water partition coefficient (Wildman–Crippen LogP) is 5.03. The third-order valence-corrected chi connectivity index (χ3v) is 4.15. The highest BCUT2D eigenvalue weighted by Gasteiger charge is 2.15. The zero-order chi connectivity index (χ0) is 21.4. The lowest BCUT2D eigenvalue weighted by molar-refractivity contribution is -0.131. The fraction of sp³-hybridized carbons (Fsp3) is 0.250. The van der Waals surface area contributed by atoms with Gasteiger partial charge in [-0.05, 0) is 55.7 Å². The van der Waals surface area contributed by atoms with E-state index in [1.807, 2.05) is 19.9 Å². The molecule has 2 rings (SSSR count). The van der Waals surface area contributed by atoms with Crippen LogP contribution in [0, 0.1) is 0 Å². The molecule has 0 aliphatic heterocycles. The van der Waals surface area contributed by atoms with Crippen molar-refractivity contribution >= 4 is 17.8 Å². The summed E-state index contributed by atoms with van der Waals surface area (Å²) in [5, 5.41) is 0. The Kier molecular flexibility index (Phi) is 7.78. The second kappa shape index (κ2) is 10.3. The Morgan fingerprint density at radius 3 is 2.31 bits per heavy atom. The zero-order valence-corrected chi connectivity index (χ0v) is 17.4. The first kappa shape index (κ1) is 22.0. The van der Waals surface area contributed by atoms with E-state index in [0.717, 1.165) is 11.1 Å². The Morgan fingerprint density at radius 2 is 1.69 bits per heavy atom. The molecule has 0 saturated heterocycles. The van der Waals surface area contributed by atoms with Gasteiger partial charge in [-0.2, -0.15) is 0 Å². The molecule has 0 aliphatic rings. The van der Waals surface area contributed by atoms with Gasteiger partial charge in [0.15, 0.2) is 5.78 Å². The first-order valence-electron chi connectivity index (χ1n) is 9.23. The second-order valence-electron chi connectivity index (χ2n) is 6.71. The van der Waals surface area contributed by atoms with E-state index < -0.39 is 5.97 Å². The van der Waals surface area contributed by atoms with E-state index in [0.29, 0.717) is 29.2 Å². The molecule has 5 nitrogen and oxygen atoms in total. The molecule has 0 fully saturated rings. The van der Waals surface area contributed by atoms with E-state index in [9.17, 15) is 9.59 Å². The summed E-state index contributed by atoms with van der Waals surface area (Å²) in [6.07, 6.45) is 5.88. The number of esters is 1. The molecule has 0 saturated carbocycles. The number of ether oxygens (including phenoxy) is 3. The van der Waals surface area contributed by atoms with Crippen molar-refractivity contribution in [3.05, 3.63) is 70.8 Å². The topological polar surface area (TPSA) is 61.8 Å². The highest BCUT2D eigenvalue weighted by atomic mass is 16.5. The lowest BCUT2D eigenvalue weighted by atomic mass is 10.0. The SMILES string of the molecule is COc1cc(OC)c(C(=O)/C=C/c2cccc(OC(C)=O)c2)cc1CC=C(C)C. The molecule has 0 aliphatic carbocycles. The molecule has 0 unspecified atom stereocenters. The van der Waals surface area contributed by atoms with Crippen molar-refractivity contribution in [1.82, 2.24) is 0 Å². The maximum atomic E-state index is 12.8. The summed E-state index contributed by atoms with van der Waals surface area (Å²) in [6, 6.07) is 10.5. The number of hydrogen-bond donors (Lipinski definition) is 0. The molecule has 5 heteroatoms. The minimum absolute atomic E-state index is 0.194. The number of allylic oxidation sites excluding steroid dienone is 3. The smallest absolute Gasteiger partial charge is 0.308 e. The van der Waals surface area contributed by atoms with Gasteiger partial charge in [0.1, 0.15) is 17.2 Å². The lowest BCUT2D eigenvalue weighted by Gasteiger charge is -2.13. The van der Waals surface area contributed by atoms with Gasteiger partial charge in [-0.3, -0.25) is 9.59 Å². The number of methoxy groups -OCH3 is 2. The van der Waals surface area contributed by atoms with Crippen LogP contribution in [0.1, 0.15) is 42.3 Å². The molecule has 0 atom stereocenters. The van der Waals surface area contributed by atoms with E-state index in [-0.39, 0.29) is 5.78 Å². The molecular formula is C24H26O5. The normalized spacial score (nSPS) is 10.5. The third kappa shape index (κ3) is 6.35. The summed E-state index contributed by atoms with van der Waals surface area (Å²) in [6.45, 7) is 5.39. The Morgan fingerprint density at radius 1 is 0.966 bits per heavy atom. The molecule has 0 N–H and O–H groups in total. The average Bonchev–Trinajstić information content (AvgIpc) is 2.69. The number of carbonyl (C=O) groups is 2. The van der Waals surface area contributed by atoms with Crippen LogP contribution < -0.4 is 14.2 Å². The van der Waals surface area contributed by atoms with Crippen molar-refractivity contribution in [1.29, 1.82) is 0 Å². The van der Waals surface area contributed by atoms with Crippen molar-refractivity contribution in [3.8, 4) is 17.2 Å². The van der Waals surface area contributed by atoms with Crippen LogP contribution in [-0.4, -0.2) is 26.0 Å². The van der Waals surface area contributed by atoms with Crippen LogP contribution in [0.4, 0.5) is 0 Å². The minimum Gasteiger partial charge on any atom is -0.496 e. The van der Waals surface area contributed by atoms with Crippen molar-refractivity contribution in [2.24, 2.45) is 0 Å². The quantitative estimate of drug-likeness (QED) is 0.206. The summed E-state index contributed by atoms with van der Waals surface area (Å²) in [4.78, 5) is 23.9. The number of ketones is 1. The Hall–Kier alpha value is -3.34. The molecule has 0 bridgehead atoms. The first-order chi connectivity index (χ1) is 13.8. The van der Waals surface area contributed by atoms with Gasteiger partial charge in [0.25, 0.3) is 0 Å². The lowest BCUT2D eigenvalue weighted by Crippen LogP contribution is -2.03. The highest BCUT2D eigenvalue weighted by molar-refractivity contribution is 6.09. The molecule has 0 heterocycles. The van der Waals surface area contributed by atoms with Gasteiger partial charge in [-0.25, -0.2) is 0 Å². The highest BCUT2D eigenvalue weighted by Crippen LogP contribution is 2.30. The molecule has 2 aromatic carbocycles. The maximum absolute atomic E-state index is 12.8. The predicted molar refractivity (Wildman–Crippen MR) is 114 cm³/mol. The molecule has 2 aromatic rings. The molecule has 0 amide bonds. The molecule has 152 valence electrons. The summed E-state index contributed by atoms with van der Waals surface area (Å²) < 4.78 is 15.9. The van der Waals surface area contributed by atoms with E-state index in [4.69, 9.17) is 14.2 Å². The van der Waals surface area contributed by atoms with Gasteiger partial charge in [0.05, 0.1) is 19.8 Å². The largest absolute Gasteiger partial charge is 0.496 e. The van der Waals surface area contributed by atoms with Crippen LogP contribution >= 0.6 is 0 Å². The van der Waals surface area contributed by atoms with Crippen LogP contribution in [0.25, 0.3) is 6.08 Å². The minimum atomic E-state index is -0.394. The Balaban J connectivity index is 2.33. The molecule has 29 heavy (non-hydrogen) atoms. The Bertz CT molecular complexity index is 950. The van der Waals surface area contributed by atoms with Gasteiger partial charge in [0, 0.05) is 13.0 Å². The summed E-state index contributed by atoms with van der Waals surface area (Å²) in [5.74, 6) is 0.966. The number of benzene rings is 2. The summed E-state index contributed by atoms with van der Waals surface area (Å²) in [7, 11) is 3.12. The maximum Gasteiger partial charge on any atom is 0.308 e. The molecule has 0 spiro atoms. The van der Waals surface area contributed by atoms with E-state index >= 15 is 0 Å². The van der Waals surface area contributed by atoms with Crippen molar-refractivity contribution < 1.29 is 23.8 Å². The van der Waals surface area contributed by atoms with Crippen molar-refractivity contribution in [2.75, 3.05) is 14.2 Å². The van der Waals surface area contributed by atoms with Gasteiger partial charge in [0.2, 0.25) is 0 Å². The third-order valence-electron chi connectivity index (χ3n) is 4.15. The summed E-state index contributed by atoms with van der Waals surface area (Å²) in [5.41, 5.74) is 3.29. The Labute approximate surface area is 171 Å². The fourth-order valence-corrected chi connectivity index (χ4v) is 2.74. The average molecular weight is 394 g/mol. The van der Waals surface area contributed by atoms with Gasteiger partial charge in [-0.1, -0.05) is 29.9 Å². The van der Waals surface area contributed by atoms with Crippen molar-refractivity contribution in [2.45, 2.75) is 27.2 Å². The van der Waals surface area contributed by atoms with Crippen LogP contribution in [0.2, 0.25) is 0 Å².